The van der Waals surface area contributed by atoms with Crippen molar-refractivity contribution in [2.45, 2.75) is 0 Å². The number of piperazine rings is 1. The molecule has 1 aliphatic heterocycles. The van der Waals surface area contributed by atoms with Crippen LogP contribution < -0.4 is 15.8 Å². The highest BCUT2D eigenvalue weighted by atomic mass is 32.2. The lowest BCUT2D eigenvalue weighted by Crippen LogP contribution is -2.50. The number of hydrogen-bond donors (Lipinski definition) is 2. The largest absolute Gasteiger partial charge is 0.396 e. The molecule has 0 bridgehead atoms. The van der Waals surface area contributed by atoms with Crippen molar-refractivity contribution in [2.24, 2.45) is 5.14 Å². The molecule has 7 nitrogen and oxygen atoms in total. The van der Waals surface area contributed by atoms with Gasteiger partial charge in [0.05, 0.1) is 17.6 Å². The van der Waals surface area contributed by atoms with E-state index in [1.165, 1.54) is 4.31 Å². The maximum Gasteiger partial charge on any atom is 0.277 e. The van der Waals surface area contributed by atoms with Gasteiger partial charge in [0.1, 0.15) is 0 Å². The van der Waals surface area contributed by atoms with Crippen molar-refractivity contribution in [1.82, 2.24) is 9.29 Å². The molecule has 8 heteroatoms. The Hall–Kier alpha value is -1.38. The molecule has 0 radical (unpaired) electrons. The van der Waals surface area contributed by atoms with Gasteiger partial charge in [-0.25, -0.2) is 5.14 Å². The zero-order chi connectivity index (χ0) is 12.5. The molecule has 0 aromatic carbocycles. The molecule has 4 N–H and O–H groups in total. The molecule has 0 unspecified atom stereocenters. The Balaban J connectivity index is 2.08. The van der Waals surface area contributed by atoms with Crippen LogP contribution in [0.2, 0.25) is 0 Å². The molecule has 1 saturated heterocycles. The van der Waals surface area contributed by atoms with Crippen LogP contribution in [0.5, 0.6) is 0 Å². The van der Waals surface area contributed by atoms with Gasteiger partial charge < -0.3 is 10.6 Å². The summed E-state index contributed by atoms with van der Waals surface area (Å²) in [6, 6.07) is 1.82. The Labute approximate surface area is 100 Å². The van der Waals surface area contributed by atoms with Crippen molar-refractivity contribution in [3.8, 4) is 0 Å². The van der Waals surface area contributed by atoms with Crippen molar-refractivity contribution in [2.75, 3.05) is 36.8 Å². The molecule has 0 aliphatic carbocycles. The molecule has 2 rings (SSSR count). The Morgan fingerprint density at radius 2 is 1.88 bits per heavy atom. The quantitative estimate of drug-likeness (QED) is 0.706. The minimum atomic E-state index is -3.58. The maximum absolute atomic E-state index is 11.1. The summed E-state index contributed by atoms with van der Waals surface area (Å²) in [4.78, 5) is 5.94. The molecule has 1 aliphatic rings. The van der Waals surface area contributed by atoms with Crippen molar-refractivity contribution >= 4 is 21.6 Å². The topological polar surface area (TPSA) is 106 Å². The zero-order valence-corrected chi connectivity index (χ0v) is 10.1. The van der Waals surface area contributed by atoms with Gasteiger partial charge in [-0.3, -0.25) is 4.98 Å². The van der Waals surface area contributed by atoms with Gasteiger partial charge in [-0.15, -0.1) is 0 Å². The van der Waals surface area contributed by atoms with Gasteiger partial charge in [0, 0.05) is 32.4 Å². The fraction of sp³-hybridized carbons (Fsp3) is 0.444. The van der Waals surface area contributed by atoms with E-state index in [9.17, 15) is 8.42 Å². The molecule has 0 saturated carbocycles. The Morgan fingerprint density at radius 3 is 2.41 bits per heavy atom. The molecule has 0 atom stereocenters. The van der Waals surface area contributed by atoms with E-state index in [-0.39, 0.29) is 0 Å². The van der Waals surface area contributed by atoms with Gasteiger partial charge in [-0.05, 0) is 6.07 Å². The van der Waals surface area contributed by atoms with Crippen molar-refractivity contribution in [3.63, 3.8) is 0 Å². The predicted octanol–water partition coefficient (Wildman–Crippen LogP) is -1.01. The van der Waals surface area contributed by atoms with Gasteiger partial charge >= 0.3 is 0 Å². The van der Waals surface area contributed by atoms with Gasteiger partial charge in [0.15, 0.2) is 0 Å². The fourth-order valence-corrected chi connectivity index (χ4v) is 2.54. The zero-order valence-electron chi connectivity index (χ0n) is 9.28. The number of nitrogens with two attached hydrogens (primary N) is 2. The molecular formula is C9H15N5O2S. The first-order chi connectivity index (χ1) is 7.98. The van der Waals surface area contributed by atoms with Gasteiger partial charge in [-0.2, -0.15) is 12.7 Å². The van der Waals surface area contributed by atoms with Crippen LogP contribution in [0.4, 0.5) is 11.4 Å². The normalized spacial score (nSPS) is 18.3. The molecule has 94 valence electrons. The number of nitrogens with zero attached hydrogens (tertiary/aromatic N) is 3. The lowest BCUT2D eigenvalue weighted by Gasteiger charge is -2.34. The first-order valence-corrected chi connectivity index (χ1v) is 6.71. The number of rotatable bonds is 2. The number of nitrogen functional groups attached to an aromatic ring is 1. The van der Waals surface area contributed by atoms with E-state index in [0.717, 1.165) is 5.69 Å². The first kappa shape index (κ1) is 12.1. The number of aromatic nitrogens is 1. The Kier molecular flexibility index (Phi) is 3.18. The first-order valence-electron chi connectivity index (χ1n) is 5.21. The summed E-state index contributed by atoms with van der Waals surface area (Å²) < 4.78 is 23.6. The van der Waals surface area contributed by atoms with Crippen LogP contribution in [0.25, 0.3) is 0 Å². The standard InChI is InChI=1S/C9H15N5O2S/c10-8-7-12-2-1-9(8)13-3-5-14(6-4-13)17(11,15)16/h1-2,7H,3-6,10H2,(H2,11,15,16). The third-order valence-electron chi connectivity index (χ3n) is 2.77. The van der Waals surface area contributed by atoms with Crippen LogP contribution >= 0.6 is 0 Å². The van der Waals surface area contributed by atoms with E-state index in [4.69, 9.17) is 10.9 Å². The summed E-state index contributed by atoms with van der Waals surface area (Å²) in [7, 11) is -3.58. The summed E-state index contributed by atoms with van der Waals surface area (Å²) >= 11 is 0. The molecule has 1 fully saturated rings. The lowest BCUT2D eigenvalue weighted by molar-refractivity contribution is 0.385. The van der Waals surface area contributed by atoms with E-state index < -0.39 is 10.2 Å². The minimum absolute atomic E-state index is 0.376. The monoisotopic (exact) mass is 257 g/mol. The van der Waals surface area contributed by atoms with Gasteiger partial charge in [0.2, 0.25) is 0 Å². The molecule has 1 aromatic heterocycles. The molecule has 0 spiro atoms. The number of anilines is 2. The summed E-state index contributed by atoms with van der Waals surface area (Å²) in [6.45, 7) is 1.90. The van der Waals surface area contributed by atoms with Crippen LogP contribution in [-0.2, 0) is 10.2 Å². The third-order valence-corrected chi connectivity index (χ3v) is 3.85. The maximum atomic E-state index is 11.1. The third kappa shape index (κ3) is 2.65. The van der Waals surface area contributed by atoms with E-state index >= 15 is 0 Å². The van der Waals surface area contributed by atoms with E-state index in [1.54, 1.807) is 12.4 Å². The molecule has 2 heterocycles. The highest BCUT2D eigenvalue weighted by molar-refractivity contribution is 7.86. The van der Waals surface area contributed by atoms with E-state index in [2.05, 4.69) is 4.98 Å². The van der Waals surface area contributed by atoms with Crippen LogP contribution in [0.15, 0.2) is 18.5 Å². The van der Waals surface area contributed by atoms with Crippen molar-refractivity contribution in [1.29, 1.82) is 0 Å². The fourth-order valence-electron chi connectivity index (χ4n) is 1.87. The molecule has 0 amide bonds. The summed E-state index contributed by atoms with van der Waals surface area (Å²) in [5.41, 5.74) is 7.29. The Bertz CT molecular complexity index is 496. The second-order valence-corrected chi connectivity index (χ2v) is 5.41. The van der Waals surface area contributed by atoms with E-state index in [0.29, 0.717) is 31.9 Å². The van der Waals surface area contributed by atoms with Crippen LogP contribution in [0.1, 0.15) is 0 Å². The van der Waals surface area contributed by atoms with Crippen molar-refractivity contribution < 1.29 is 8.42 Å². The summed E-state index contributed by atoms with van der Waals surface area (Å²) in [5, 5.41) is 5.07. The predicted molar refractivity (Wildman–Crippen MR) is 65.5 cm³/mol. The second kappa shape index (κ2) is 4.47. The van der Waals surface area contributed by atoms with E-state index in [1.807, 2.05) is 11.0 Å². The molecule has 1 aromatic rings. The highest BCUT2D eigenvalue weighted by Gasteiger charge is 2.24. The summed E-state index contributed by atoms with van der Waals surface area (Å²) in [6.07, 6.45) is 3.25. The highest BCUT2D eigenvalue weighted by Crippen LogP contribution is 2.22. The molecular weight excluding hydrogens is 242 g/mol. The summed E-state index contributed by atoms with van der Waals surface area (Å²) in [5.74, 6) is 0. The minimum Gasteiger partial charge on any atom is -0.396 e. The average molecular weight is 257 g/mol. The number of pyridine rings is 1. The lowest BCUT2D eigenvalue weighted by atomic mass is 10.2. The second-order valence-electron chi connectivity index (χ2n) is 3.87. The Morgan fingerprint density at radius 1 is 1.24 bits per heavy atom. The van der Waals surface area contributed by atoms with Crippen LogP contribution in [0.3, 0.4) is 0 Å². The molecule has 17 heavy (non-hydrogen) atoms. The smallest absolute Gasteiger partial charge is 0.277 e. The van der Waals surface area contributed by atoms with Crippen LogP contribution in [-0.4, -0.2) is 43.9 Å². The van der Waals surface area contributed by atoms with Gasteiger partial charge in [0.25, 0.3) is 10.2 Å². The van der Waals surface area contributed by atoms with Crippen LogP contribution in [0, 0.1) is 0 Å². The van der Waals surface area contributed by atoms with Crippen molar-refractivity contribution in [3.05, 3.63) is 18.5 Å². The van der Waals surface area contributed by atoms with Gasteiger partial charge in [-0.1, -0.05) is 0 Å². The number of hydrogen-bond acceptors (Lipinski definition) is 5. The SMILES string of the molecule is Nc1cnccc1N1CCN(S(N)(=O)=O)CC1. The average Bonchev–Trinajstić information content (AvgIpc) is 2.29.